The molecule has 0 heterocycles. The number of carbonyl (C=O) groups is 3. The van der Waals surface area contributed by atoms with Crippen LogP contribution in [0.2, 0.25) is 5.02 Å². The van der Waals surface area contributed by atoms with Crippen molar-refractivity contribution < 1.29 is 19.1 Å². The van der Waals surface area contributed by atoms with Crippen LogP contribution < -0.4 is 10.6 Å². The van der Waals surface area contributed by atoms with Crippen LogP contribution in [0.4, 0.5) is 10.5 Å². The number of aryl methyl sites for hydroxylation is 1. The summed E-state index contributed by atoms with van der Waals surface area (Å²) < 4.78 is 5.35. The molecule has 0 aromatic heterocycles. The molecule has 0 fully saturated rings. The van der Waals surface area contributed by atoms with Crippen molar-refractivity contribution in [1.29, 1.82) is 0 Å². The molecular formula is C30H38ClN3O4S. The van der Waals surface area contributed by atoms with Crippen LogP contribution in [0.1, 0.15) is 69.7 Å². The van der Waals surface area contributed by atoms with Crippen LogP contribution in [0.5, 0.6) is 0 Å². The SMILES string of the molecule is C#Cc1ccc(C(C(=O)Nc2c(C)cccc2Cl)N(CCCCC)C(=O)C(CS)NC(=O)OC(C)(C)C)cc1. The van der Waals surface area contributed by atoms with E-state index in [0.717, 1.165) is 18.4 Å². The van der Waals surface area contributed by atoms with Gasteiger partial charge in [-0.2, -0.15) is 12.6 Å². The molecule has 2 N–H and O–H groups in total. The zero-order valence-electron chi connectivity index (χ0n) is 23.2. The second-order valence-electron chi connectivity index (χ2n) is 10.2. The fourth-order valence-corrected chi connectivity index (χ4v) is 4.47. The van der Waals surface area contributed by atoms with Crippen molar-refractivity contribution in [2.75, 3.05) is 17.6 Å². The minimum atomic E-state index is -1.03. The van der Waals surface area contributed by atoms with Crippen molar-refractivity contribution in [1.82, 2.24) is 10.2 Å². The molecule has 9 heteroatoms. The Balaban J connectivity index is 2.54. The number of thiol groups is 1. The van der Waals surface area contributed by atoms with Gasteiger partial charge >= 0.3 is 6.09 Å². The predicted molar refractivity (Wildman–Crippen MR) is 160 cm³/mol. The Kier molecular flexibility index (Phi) is 12.2. The van der Waals surface area contributed by atoms with Crippen LogP contribution in [-0.2, 0) is 14.3 Å². The zero-order chi connectivity index (χ0) is 29.2. The summed E-state index contributed by atoms with van der Waals surface area (Å²) in [5, 5.41) is 5.92. The maximum absolute atomic E-state index is 14.0. The third-order valence-corrected chi connectivity index (χ3v) is 6.56. The molecule has 0 spiro atoms. The molecule has 3 amide bonds. The fraction of sp³-hybridized carbons (Fsp3) is 0.433. The number of amides is 3. The van der Waals surface area contributed by atoms with Crippen LogP contribution in [0.3, 0.4) is 0 Å². The van der Waals surface area contributed by atoms with Gasteiger partial charge in [0.2, 0.25) is 5.91 Å². The number of alkyl carbamates (subject to hydrolysis) is 1. The summed E-state index contributed by atoms with van der Waals surface area (Å²) in [4.78, 5) is 41.9. The molecule has 39 heavy (non-hydrogen) atoms. The summed E-state index contributed by atoms with van der Waals surface area (Å²) in [5.41, 5.74) is 1.71. The van der Waals surface area contributed by atoms with Gasteiger partial charge in [0.15, 0.2) is 0 Å². The molecule has 2 unspecified atom stereocenters. The van der Waals surface area contributed by atoms with E-state index in [2.05, 4.69) is 36.1 Å². The maximum atomic E-state index is 14.0. The van der Waals surface area contributed by atoms with E-state index < -0.39 is 35.6 Å². The standard InChI is InChI=1S/C30H38ClN3O4S/c1-7-9-10-18-34(28(36)24(19-39)32-29(37)38-30(4,5)6)26(22-16-14-21(8-2)15-17-22)27(35)33-25-20(3)12-11-13-23(25)31/h2,11-17,24,26,39H,7,9-10,18-19H2,1,3-6H3,(H,32,37)(H,33,35). The number of unbranched alkanes of at least 4 members (excludes halogenated alkanes) is 2. The molecule has 7 nitrogen and oxygen atoms in total. The Hall–Kier alpha value is -3.15. The number of hydrogen-bond donors (Lipinski definition) is 3. The Morgan fingerprint density at radius 2 is 1.79 bits per heavy atom. The van der Waals surface area contributed by atoms with E-state index in [1.54, 1.807) is 57.2 Å². The highest BCUT2D eigenvalue weighted by atomic mass is 35.5. The van der Waals surface area contributed by atoms with Gasteiger partial charge in [-0.05, 0) is 63.4 Å². The molecular weight excluding hydrogens is 534 g/mol. The Morgan fingerprint density at radius 1 is 1.13 bits per heavy atom. The van der Waals surface area contributed by atoms with Gasteiger partial charge in [-0.3, -0.25) is 9.59 Å². The van der Waals surface area contributed by atoms with Crippen LogP contribution in [0.25, 0.3) is 0 Å². The van der Waals surface area contributed by atoms with Crippen molar-refractivity contribution in [3.63, 3.8) is 0 Å². The quantitative estimate of drug-likeness (QED) is 0.171. The molecule has 0 aliphatic rings. The van der Waals surface area contributed by atoms with Gasteiger partial charge in [0.05, 0.1) is 10.7 Å². The molecule has 0 aliphatic heterocycles. The number of benzene rings is 2. The predicted octanol–water partition coefficient (Wildman–Crippen LogP) is 6.15. The summed E-state index contributed by atoms with van der Waals surface area (Å²) >= 11 is 10.7. The van der Waals surface area contributed by atoms with Crippen molar-refractivity contribution >= 4 is 47.8 Å². The van der Waals surface area contributed by atoms with Gasteiger partial charge in [-0.15, -0.1) is 6.42 Å². The molecule has 2 rings (SSSR count). The normalized spacial score (nSPS) is 12.6. The maximum Gasteiger partial charge on any atom is 0.408 e. The number of halogens is 1. The van der Waals surface area contributed by atoms with Crippen LogP contribution >= 0.6 is 24.2 Å². The van der Waals surface area contributed by atoms with Gasteiger partial charge in [-0.25, -0.2) is 4.79 Å². The van der Waals surface area contributed by atoms with Gasteiger partial charge < -0.3 is 20.3 Å². The lowest BCUT2D eigenvalue weighted by Gasteiger charge is -2.34. The Morgan fingerprint density at radius 3 is 2.33 bits per heavy atom. The van der Waals surface area contributed by atoms with E-state index in [1.807, 2.05) is 13.0 Å². The lowest BCUT2D eigenvalue weighted by Crippen LogP contribution is -2.53. The first kappa shape index (κ1) is 32.1. The van der Waals surface area contributed by atoms with Gasteiger partial charge in [0.1, 0.15) is 17.7 Å². The monoisotopic (exact) mass is 571 g/mol. The van der Waals surface area contributed by atoms with E-state index in [4.69, 9.17) is 22.8 Å². The molecule has 0 bridgehead atoms. The average molecular weight is 572 g/mol. The number of ether oxygens (including phenoxy) is 1. The first-order chi connectivity index (χ1) is 18.4. The molecule has 0 radical (unpaired) electrons. The third kappa shape index (κ3) is 9.52. The van der Waals surface area contributed by atoms with Crippen LogP contribution in [0.15, 0.2) is 42.5 Å². The van der Waals surface area contributed by atoms with E-state index in [1.165, 1.54) is 4.90 Å². The zero-order valence-corrected chi connectivity index (χ0v) is 24.9. The number of anilines is 1. The number of nitrogens with one attached hydrogen (secondary N) is 2. The average Bonchev–Trinajstić information content (AvgIpc) is 2.87. The fourth-order valence-electron chi connectivity index (χ4n) is 3.95. The number of hydrogen-bond acceptors (Lipinski definition) is 5. The van der Waals surface area contributed by atoms with Crippen LogP contribution in [0, 0.1) is 19.3 Å². The summed E-state index contributed by atoms with van der Waals surface area (Å²) in [6.45, 7) is 9.37. The van der Waals surface area contributed by atoms with E-state index in [-0.39, 0.29) is 12.3 Å². The second kappa shape index (κ2) is 14.9. The van der Waals surface area contributed by atoms with Gasteiger partial charge in [0, 0.05) is 17.9 Å². The topological polar surface area (TPSA) is 87.7 Å². The summed E-state index contributed by atoms with van der Waals surface area (Å²) in [5.74, 6) is 1.68. The highest BCUT2D eigenvalue weighted by Gasteiger charge is 2.36. The largest absolute Gasteiger partial charge is 0.444 e. The van der Waals surface area contributed by atoms with Crippen LogP contribution in [-0.4, -0.2) is 46.7 Å². The smallest absolute Gasteiger partial charge is 0.408 e. The number of carbonyl (C=O) groups excluding carboxylic acids is 3. The van der Waals surface area contributed by atoms with E-state index in [9.17, 15) is 14.4 Å². The Bertz CT molecular complexity index is 1170. The van der Waals surface area contributed by atoms with Crippen molar-refractivity contribution in [3.8, 4) is 12.3 Å². The number of rotatable bonds is 11. The van der Waals surface area contributed by atoms with Gasteiger partial charge in [-0.1, -0.05) is 61.6 Å². The summed E-state index contributed by atoms with van der Waals surface area (Å²) in [7, 11) is 0. The lowest BCUT2D eigenvalue weighted by atomic mass is 10.0. The second-order valence-corrected chi connectivity index (χ2v) is 11.0. The van der Waals surface area contributed by atoms with Crippen molar-refractivity contribution in [2.45, 2.75) is 71.6 Å². The molecule has 2 atom stereocenters. The number of para-hydroxylation sites is 1. The summed E-state index contributed by atoms with van der Waals surface area (Å²) in [6, 6.07) is 10.2. The van der Waals surface area contributed by atoms with Crippen molar-refractivity contribution in [3.05, 3.63) is 64.2 Å². The lowest BCUT2D eigenvalue weighted by molar-refractivity contribution is -0.140. The number of terminal acetylenes is 1. The molecule has 2 aromatic rings. The summed E-state index contributed by atoms with van der Waals surface area (Å²) in [6.07, 6.45) is 7.22. The minimum absolute atomic E-state index is 0.0103. The first-order valence-corrected chi connectivity index (χ1v) is 14.0. The molecule has 2 aromatic carbocycles. The Labute approximate surface area is 242 Å². The van der Waals surface area contributed by atoms with Crippen molar-refractivity contribution in [2.24, 2.45) is 0 Å². The highest BCUT2D eigenvalue weighted by molar-refractivity contribution is 7.80. The molecule has 0 saturated heterocycles. The third-order valence-electron chi connectivity index (χ3n) is 5.88. The van der Waals surface area contributed by atoms with E-state index >= 15 is 0 Å². The molecule has 0 saturated carbocycles. The molecule has 0 aliphatic carbocycles. The molecule has 210 valence electrons. The first-order valence-electron chi connectivity index (χ1n) is 12.9. The number of nitrogens with zero attached hydrogens (tertiary/aromatic N) is 1. The minimum Gasteiger partial charge on any atom is -0.444 e. The van der Waals surface area contributed by atoms with Gasteiger partial charge in [0.25, 0.3) is 5.91 Å². The van der Waals surface area contributed by atoms with E-state index in [0.29, 0.717) is 28.3 Å². The highest BCUT2D eigenvalue weighted by Crippen LogP contribution is 2.30.